The minimum atomic E-state index is -0.226. The molecule has 0 fully saturated rings. The number of halogens is 2. The van der Waals surface area contributed by atoms with Gasteiger partial charge in [-0.1, -0.05) is 50.1 Å². The largest absolute Gasteiger partial charge is 0.508 e. The lowest BCUT2D eigenvalue weighted by Gasteiger charge is -2.26. The van der Waals surface area contributed by atoms with Gasteiger partial charge in [0.2, 0.25) is 0 Å². The Labute approximate surface area is 140 Å². The number of carbonyl (C=O) groups is 1. The number of phenolic OH excluding ortho intramolecular Hbond substituents is 1. The van der Waals surface area contributed by atoms with E-state index < -0.39 is 0 Å². The molecule has 1 amide bonds. The van der Waals surface area contributed by atoms with E-state index in [0.717, 1.165) is 14.5 Å². The Kier molecular flexibility index (Phi) is 5.06. The Balaban J connectivity index is 2.28. The molecular weight excluding hydrogens is 398 g/mol. The summed E-state index contributed by atoms with van der Waals surface area (Å²) in [4.78, 5) is 14.2. The zero-order chi connectivity index (χ0) is 15.6. The fraction of sp³-hybridized carbons (Fsp3) is 0.188. The number of hydrogen-bond acceptors (Lipinski definition) is 2. The summed E-state index contributed by atoms with van der Waals surface area (Å²) in [5.41, 5.74) is 1.31. The molecule has 0 radical (unpaired) electrons. The molecule has 3 nitrogen and oxygen atoms in total. The third-order valence-corrected chi connectivity index (χ3v) is 4.31. The predicted octanol–water partition coefficient (Wildman–Crippen LogP) is 4.75. The maximum absolute atomic E-state index is 12.6. The zero-order valence-electron chi connectivity index (χ0n) is 11.7. The molecule has 2 aromatic rings. The summed E-state index contributed by atoms with van der Waals surface area (Å²) < 4.78 is 1.67. The van der Waals surface area contributed by atoms with E-state index >= 15 is 0 Å². The first-order valence-corrected chi connectivity index (χ1v) is 8.00. The highest BCUT2D eigenvalue weighted by Crippen LogP contribution is 2.29. The highest BCUT2D eigenvalue weighted by atomic mass is 79.9. The first kappa shape index (κ1) is 16.0. The lowest BCUT2D eigenvalue weighted by atomic mass is 10.1. The van der Waals surface area contributed by atoms with Crippen LogP contribution < -0.4 is 0 Å². The van der Waals surface area contributed by atoms with E-state index in [1.807, 2.05) is 25.1 Å². The van der Waals surface area contributed by atoms with Gasteiger partial charge in [-0.2, -0.15) is 0 Å². The van der Waals surface area contributed by atoms with Crippen LogP contribution in [0.1, 0.15) is 28.9 Å². The van der Waals surface area contributed by atoms with Crippen LogP contribution in [0.5, 0.6) is 5.75 Å². The monoisotopic (exact) mass is 411 g/mol. The Bertz CT molecular complexity index is 653. The molecule has 110 valence electrons. The Morgan fingerprint density at radius 1 is 1.14 bits per heavy atom. The molecular formula is C16H15Br2NO2. The summed E-state index contributed by atoms with van der Waals surface area (Å²) >= 11 is 6.77. The second kappa shape index (κ2) is 6.62. The van der Waals surface area contributed by atoms with Gasteiger partial charge in [0.1, 0.15) is 5.75 Å². The lowest BCUT2D eigenvalue weighted by molar-refractivity contribution is 0.0741. The number of rotatable bonds is 3. The van der Waals surface area contributed by atoms with E-state index in [4.69, 9.17) is 0 Å². The van der Waals surface area contributed by atoms with Crippen molar-refractivity contribution >= 4 is 37.8 Å². The molecule has 0 aliphatic heterocycles. The molecule has 1 atom stereocenters. The Hall–Kier alpha value is -1.33. The average Bonchev–Trinajstić information content (AvgIpc) is 2.44. The summed E-state index contributed by atoms with van der Waals surface area (Å²) in [6, 6.07) is 12.3. The molecule has 0 aliphatic carbocycles. The van der Waals surface area contributed by atoms with E-state index in [-0.39, 0.29) is 17.7 Å². The van der Waals surface area contributed by atoms with Gasteiger partial charge < -0.3 is 10.0 Å². The fourth-order valence-corrected chi connectivity index (χ4v) is 3.40. The number of amides is 1. The highest BCUT2D eigenvalue weighted by Gasteiger charge is 2.21. The smallest absolute Gasteiger partial charge is 0.254 e. The zero-order valence-corrected chi connectivity index (χ0v) is 14.8. The molecule has 5 heteroatoms. The van der Waals surface area contributed by atoms with Gasteiger partial charge in [-0.3, -0.25) is 4.79 Å². The van der Waals surface area contributed by atoms with Gasteiger partial charge in [-0.25, -0.2) is 0 Å². The van der Waals surface area contributed by atoms with E-state index in [1.54, 1.807) is 36.2 Å². The van der Waals surface area contributed by atoms with Crippen molar-refractivity contribution in [2.45, 2.75) is 13.0 Å². The number of aromatic hydroxyl groups is 1. The van der Waals surface area contributed by atoms with Crippen LogP contribution in [-0.2, 0) is 0 Å². The van der Waals surface area contributed by atoms with Crippen LogP contribution >= 0.6 is 31.9 Å². The Morgan fingerprint density at radius 3 is 2.29 bits per heavy atom. The molecule has 2 aromatic carbocycles. The maximum Gasteiger partial charge on any atom is 0.254 e. The van der Waals surface area contributed by atoms with Crippen molar-refractivity contribution in [3.05, 3.63) is 62.5 Å². The first-order valence-electron chi connectivity index (χ1n) is 6.41. The number of nitrogens with zero attached hydrogens (tertiary/aromatic N) is 1. The summed E-state index contributed by atoms with van der Waals surface area (Å²) in [7, 11) is 1.73. The number of benzene rings is 2. The van der Waals surface area contributed by atoms with Crippen molar-refractivity contribution in [2.75, 3.05) is 7.05 Å². The van der Waals surface area contributed by atoms with Crippen LogP contribution in [0.25, 0.3) is 0 Å². The third kappa shape index (κ3) is 3.66. The van der Waals surface area contributed by atoms with Crippen LogP contribution in [0.15, 0.2) is 51.4 Å². The van der Waals surface area contributed by atoms with Crippen LogP contribution in [0.3, 0.4) is 0 Å². The topological polar surface area (TPSA) is 40.5 Å². The van der Waals surface area contributed by atoms with Crippen molar-refractivity contribution < 1.29 is 9.90 Å². The molecule has 2 rings (SSSR count). The maximum atomic E-state index is 12.6. The second-order valence-electron chi connectivity index (χ2n) is 4.81. The molecule has 0 heterocycles. The molecule has 1 unspecified atom stereocenters. The van der Waals surface area contributed by atoms with Crippen molar-refractivity contribution in [2.24, 2.45) is 0 Å². The van der Waals surface area contributed by atoms with Crippen LogP contribution in [0, 0.1) is 0 Å². The van der Waals surface area contributed by atoms with Gasteiger partial charge >= 0.3 is 0 Å². The van der Waals surface area contributed by atoms with Crippen LogP contribution in [-0.4, -0.2) is 23.0 Å². The van der Waals surface area contributed by atoms with Crippen molar-refractivity contribution in [1.29, 1.82) is 0 Å². The van der Waals surface area contributed by atoms with Gasteiger partial charge in [0.05, 0.1) is 6.04 Å². The number of hydrogen-bond donors (Lipinski definition) is 1. The molecule has 0 aliphatic rings. The molecule has 0 bridgehead atoms. The number of phenols is 1. The quantitative estimate of drug-likeness (QED) is 0.789. The van der Waals surface area contributed by atoms with E-state index in [2.05, 4.69) is 31.9 Å². The van der Waals surface area contributed by atoms with Crippen molar-refractivity contribution in [3.8, 4) is 5.75 Å². The van der Waals surface area contributed by atoms with Crippen LogP contribution in [0.4, 0.5) is 0 Å². The minimum Gasteiger partial charge on any atom is -0.508 e. The third-order valence-electron chi connectivity index (χ3n) is 3.40. The van der Waals surface area contributed by atoms with Gasteiger partial charge in [0.15, 0.2) is 0 Å². The fourth-order valence-electron chi connectivity index (χ4n) is 2.11. The van der Waals surface area contributed by atoms with E-state index in [0.29, 0.717) is 5.56 Å². The van der Waals surface area contributed by atoms with Crippen molar-refractivity contribution in [3.63, 3.8) is 0 Å². The van der Waals surface area contributed by atoms with Gasteiger partial charge in [0.25, 0.3) is 5.91 Å². The predicted molar refractivity (Wildman–Crippen MR) is 90.5 cm³/mol. The normalized spacial score (nSPS) is 12.0. The highest BCUT2D eigenvalue weighted by molar-refractivity contribution is 9.11. The summed E-state index contributed by atoms with van der Waals surface area (Å²) in [5, 5.41) is 9.92. The number of carbonyl (C=O) groups excluding carboxylic acids is 1. The standard InChI is InChI=1S/C16H15Br2NO2/c1-10(14-5-3-4-6-15(14)20)19(2)16(21)11-7-12(17)9-13(18)8-11/h3-10,20H,1-2H3. The van der Waals surface area contributed by atoms with Gasteiger partial charge in [-0.15, -0.1) is 0 Å². The molecule has 0 aromatic heterocycles. The minimum absolute atomic E-state index is 0.104. The van der Waals surface area contributed by atoms with Gasteiger partial charge in [-0.05, 0) is 31.2 Å². The van der Waals surface area contributed by atoms with Crippen molar-refractivity contribution in [1.82, 2.24) is 4.90 Å². The summed E-state index contributed by atoms with van der Waals surface area (Å²) in [6.45, 7) is 1.89. The molecule has 21 heavy (non-hydrogen) atoms. The van der Waals surface area contributed by atoms with E-state index in [9.17, 15) is 9.90 Å². The number of para-hydroxylation sites is 1. The SMILES string of the molecule is CC(c1ccccc1O)N(C)C(=O)c1cc(Br)cc(Br)c1. The lowest BCUT2D eigenvalue weighted by Crippen LogP contribution is -2.29. The van der Waals surface area contributed by atoms with Crippen LogP contribution in [0.2, 0.25) is 0 Å². The average molecular weight is 413 g/mol. The second-order valence-corrected chi connectivity index (χ2v) is 6.64. The molecule has 0 saturated carbocycles. The summed E-state index contributed by atoms with van der Waals surface area (Å²) in [6.07, 6.45) is 0. The molecule has 1 N–H and O–H groups in total. The van der Waals surface area contributed by atoms with Gasteiger partial charge in [0, 0.05) is 27.1 Å². The van der Waals surface area contributed by atoms with E-state index in [1.165, 1.54) is 0 Å². The summed E-state index contributed by atoms with van der Waals surface area (Å²) in [5.74, 6) is 0.0906. The molecule has 0 saturated heterocycles. The molecule has 0 spiro atoms. The Morgan fingerprint density at radius 2 is 1.71 bits per heavy atom. The first-order chi connectivity index (χ1) is 9.90.